The van der Waals surface area contributed by atoms with Crippen molar-refractivity contribution in [1.29, 1.82) is 5.39 Å². The molecule has 0 aliphatic rings. The van der Waals surface area contributed by atoms with Crippen molar-refractivity contribution >= 4 is 11.7 Å². The minimum Gasteiger partial charge on any atom is -0.867 e. The van der Waals surface area contributed by atoms with Gasteiger partial charge in [-0.2, -0.15) is 0 Å². The molecule has 0 saturated heterocycles. The van der Waals surface area contributed by atoms with Crippen molar-refractivity contribution in [2.75, 3.05) is 0 Å². The lowest BCUT2D eigenvalue weighted by molar-refractivity contribution is -0.266. The highest BCUT2D eigenvalue weighted by Crippen LogP contribution is 2.24. The fourth-order valence-corrected chi connectivity index (χ4v) is 0.729. The summed E-state index contributed by atoms with van der Waals surface area (Å²) < 4.78 is 0. The lowest BCUT2D eigenvalue weighted by atomic mass is 10.2. The van der Waals surface area contributed by atoms with E-state index in [0.717, 1.165) is 18.2 Å². The Kier molecular flexibility index (Phi) is 1.92. The molecule has 0 atom stereocenters. The molecule has 1 aromatic carbocycles. The van der Waals surface area contributed by atoms with Crippen molar-refractivity contribution in [2.24, 2.45) is 0 Å². The van der Waals surface area contributed by atoms with Crippen LogP contribution in [0.25, 0.3) is 4.98 Å². The van der Waals surface area contributed by atoms with Gasteiger partial charge in [-0.15, -0.1) is 0 Å². The number of benzene rings is 1. The van der Waals surface area contributed by atoms with Crippen molar-refractivity contribution < 1.29 is 15.0 Å². The van der Waals surface area contributed by atoms with Crippen molar-refractivity contribution in [3.05, 3.63) is 28.7 Å². The summed E-state index contributed by atoms with van der Waals surface area (Å²) in [5, 5.41) is 27.5. The van der Waals surface area contributed by atoms with Crippen LogP contribution in [0, 0.1) is 5.39 Å². The molecule has 0 unspecified atom stereocenters. The molecule has 1 rings (SSSR count). The number of aromatic carboxylic acids is 1. The maximum Gasteiger partial charge on any atom is 0.378 e. The average Bonchev–Trinajstić information content (AvgIpc) is 2.05. The Morgan fingerprint density at radius 2 is 2.25 bits per heavy atom. The Morgan fingerprint density at radius 1 is 1.58 bits per heavy atom. The predicted molar refractivity (Wildman–Crippen MR) is 37.6 cm³/mol. The summed E-state index contributed by atoms with van der Waals surface area (Å²) in [6, 6.07) is 3.20. The Labute approximate surface area is 67.5 Å². The van der Waals surface area contributed by atoms with Crippen molar-refractivity contribution in [2.45, 2.75) is 0 Å². The Balaban J connectivity index is 3.25. The highest BCUT2D eigenvalue weighted by molar-refractivity contribution is 5.89. The van der Waals surface area contributed by atoms with E-state index in [-0.39, 0.29) is 11.3 Å². The molecule has 0 fully saturated rings. The molecule has 12 heavy (non-hydrogen) atoms. The van der Waals surface area contributed by atoms with E-state index in [4.69, 9.17) is 10.5 Å². The highest BCUT2D eigenvalue weighted by Gasteiger charge is 2.10. The molecule has 0 spiro atoms. The smallest absolute Gasteiger partial charge is 0.378 e. The van der Waals surface area contributed by atoms with Crippen LogP contribution in [-0.2, 0) is 0 Å². The van der Waals surface area contributed by atoms with Gasteiger partial charge in [-0.1, -0.05) is 6.07 Å². The zero-order chi connectivity index (χ0) is 9.14. The molecule has 0 aliphatic carbocycles. The quantitative estimate of drug-likeness (QED) is 0.625. The van der Waals surface area contributed by atoms with Crippen LogP contribution < -0.4 is 5.11 Å². The van der Waals surface area contributed by atoms with Crippen LogP contribution in [0.2, 0.25) is 0 Å². The number of carbonyl (C=O) groups is 1. The SMILES string of the molecule is N#[N+]c1cc(C(=O)O)ccc1[O-]. The molecule has 0 amide bonds. The highest BCUT2D eigenvalue weighted by atomic mass is 16.4. The van der Waals surface area contributed by atoms with E-state index in [9.17, 15) is 9.90 Å². The first-order valence-corrected chi connectivity index (χ1v) is 3.04. The summed E-state index contributed by atoms with van der Waals surface area (Å²) in [4.78, 5) is 13.0. The first kappa shape index (κ1) is 8.01. The van der Waals surface area contributed by atoms with E-state index in [0.29, 0.717) is 0 Å². The molecule has 0 radical (unpaired) electrons. The van der Waals surface area contributed by atoms with Crippen LogP contribution in [0.1, 0.15) is 10.4 Å². The molecule has 0 aliphatic heterocycles. The lowest BCUT2D eigenvalue weighted by Crippen LogP contribution is -1.97. The van der Waals surface area contributed by atoms with Crippen LogP contribution in [0.15, 0.2) is 18.2 Å². The van der Waals surface area contributed by atoms with E-state index in [2.05, 4.69) is 4.98 Å². The van der Waals surface area contributed by atoms with Gasteiger partial charge < -0.3 is 10.2 Å². The van der Waals surface area contributed by atoms with Gasteiger partial charge in [0.15, 0.2) is 4.98 Å². The Bertz CT molecular complexity index is 367. The topological polar surface area (TPSA) is 88.5 Å². The zero-order valence-electron chi connectivity index (χ0n) is 5.89. The van der Waals surface area contributed by atoms with Crippen molar-refractivity contribution in [3.8, 4) is 5.75 Å². The third-order valence-corrected chi connectivity index (χ3v) is 1.31. The molecular weight excluding hydrogens is 160 g/mol. The number of hydrogen-bond acceptors (Lipinski definition) is 3. The monoisotopic (exact) mass is 164 g/mol. The van der Waals surface area contributed by atoms with E-state index < -0.39 is 11.7 Å². The summed E-state index contributed by atoms with van der Waals surface area (Å²) in [5.74, 6) is -1.68. The summed E-state index contributed by atoms with van der Waals surface area (Å²) >= 11 is 0. The first-order valence-electron chi connectivity index (χ1n) is 3.04. The molecule has 1 N–H and O–H groups in total. The van der Waals surface area contributed by atoms with E-state index >= 15 is 0 Å². The predicted octanol–water partition coefficient (Wildman–Crippen LogP) is 0.943. The van der Waals surface area contributed by atoms with Gasteiger partial charge in [0.2, 0.25) is 5.39 Å². The second-order valence-corrected chi connectivity index (χ2v) is 2.09. The minimum atomic E-state index is -1.17. The van der Waals surface area contributed by atoms with Gasteiger partial charge in [0.25, 0.3) is 0 Å². The number of diazo groups is 1. The Hall–Kier alpha value is -2.09. The fourth-order valence-electron chi connectivity index (χ4n) is 0.729. The molecule has 0 bridgehead atoms. The van der Waals surface area contributed by atoms with Crippen molar-refractivity contribution in [1.82, 2.24) is 0 Å². The molecule has 0 heterocycles. The number of carboxylic acid groups (broad SMARTS) is 1. The van der Waals surface area contributed by atoms with E-state index in [1.54, 1.807) is 0 Å². The summed E-state index contributed by atoms with van der Waals surface area (Å²) in [7, 11) is 0. The summed E-state index contributed by atoms with van der Waals surface area (Å²) in [5.41, 5.74) is -0.350. The van der Waals surface area contributed by atoms with E-state index in [1.807, 2.05) is 0 Å². The molecule has 1 aromatic rings. The van der Waals surface area contributed by atoms with Crippen LogP contribution in [0.5, 0.6) is 5.75 Å². The maximum atomic E-state index is 10.8. The minimum absolute atomic E-state index is 0.0811. The van der Waals surface area contributed by atoms with Gasteiger partial charge in [-0.25, -0.2) is 4.79 Å². The van der Waals surface area contributed by atoms with E-state index in [1.165, 1.54) is 0 Å². The number of hydrogen-bond donors (Lipinski definition) is 1. The van der Waals surface area contributed by atoms with Crippen LogP contribution in [0.3, 0.4) is 0 Å². The Morgan fingerprint density at radius 3 is 2.75 bits per heavy atom. The zero-order valence-corrected chi connectivity index (χ0v) is 5.89. The number of carboxylic acids is 1. The molecule has 0 aromatic heterocycles. The van der Waals surface area contributed by atoms with Gasteiger partial charge in [-0.3, -0.25) is 0 Å². The normalized spacial score (nSPS) is 8.92. The van der Waals surface area contributed by atoms with Gasteiger partial charge in [0, 0.05) is 6.07 Å². The average molecular weight is 164 g/mol. The van der Waals surface area contributed by atoms with Gasteiger partial charge >= 0.3 is 11.7 Å². The third kappa shape index (κ3) is 1.32. The summed E-state index contributed by atoms with van der Waals surface area (Å²) in [6.07, 6.45) is 0. The standard InChI is InChI=1S/C7H4N2O3/c8-9-5-3-4(7(11)12)1-2-6(5)10/h1-3H,(H-,10,11,12). The molecular formula is C7H4N2O3. The van der Waals surface area contributed by atoms with Gasteiger partial charge in [-0.05, 0) is 11.8 Å². The largest absolute Gasteiger partial charge is 0.867 e. The van der Waals surface area contributed by atoms with Crippen molar-refractivity contribution in [3.63, 3.8) is 0 Å². The van der Waals surface area contributed by atoms with Gasteiger partial charge in [0.05, 0.1) is 5.56 Å². The lowest BCUT2D eigenvalue weighted by Gasteiger charge is -1.99. The second kappa shape index (κ2) is 2.88. The third-order valence-electron chi connectivity index (χ3n) is 1.31. The number of rotatable bonds is 1. The van der Waals surface area contributed by atoms with Crippen LogP contribution >= 0.6 is 0 Å². The van der Waals surface area contributed by atoms with Crippen LogP contribution in [-0.4, -0.2) is 11.1 Å². The maximum absolute atomic E-state index is 10.8. The number of nitrogens with zero attached hydrogens (tertiary/aromatic N) is 2. The molecule has 0 saturated carbocycles. The van der Waals surface area contributed by atoms with Gasteiger partial charge in [0.1, 0.15) is 0 Å². The second-order valence-electron chi connectivity index (χ2n) is 2.09. The summed E-state index contributed by atoms with van der Waals surface area (Å²) in [6.45, 7) is 0. The fraction of sp³-hybridized carbons (Fsp3) is 0. The first-order chi connectivity index (χ1) is 5.65. The molecule has 5 nitrogen and oxygen atoms in total. The molecule has 5 heteroatoms. The molecule has 60 valence electrons. The van der Waals surface area contributed by atoms with Crippen LogP contribution in [0.4, 0.5) is 5.69 Å².